The van der Waals surface area contributed by atoms with Crippen molar-refractivity contribution in [3.63, 3.8) is 0 Å². The zero-order chi connectivity index (χ0) is 14.3. The van der Waals surface area contributed by atoms with Crippen LogP contribution in [0.3, 0.4) is 0 Å². The third-order valence-electron chi connectivity index (χ3n) is 3.48. The Morgan fingerprint density at radius 1 is 1.10 bits per heavy atom. The van der Waals surface area contributed by atoms with Gasteiger partial charge in [0.25, 0.3) is 5.56 Å². The number of hydrogen-bond donors (Lipinski definition) is 2. The van der Waals surface area contributed by atoms with Gasteiger partial charge in [0, 0.05) is 11.1 Å². The number of benzene rings is 1. The lowest BCUT2D eigenvalue weighted by Crippen LogP contribution is -2.09. The summed E-state index contributed by atoms with van der Waals surface area (Å²) < 4.78 is 5.15. The van der Waals surface area contributed by atoms with E-state index >= 15 is 0 Å². The monoisotopic (exact) mass is 269 g/mol. The zero-order valence-electron chi connectivity index (χ0n) is 11.6. The number of aromatic amines is 2. The standard InChI is InChI=1S/C15H15N3O2/c1-8-12-9(2)17-18-15(19)13(12)14(16-8)10-4-6-11(20-3)7-5-10/h4-7,16H,1-3H3,(H,18,19). The largest absolute Gasteiger partial charge is 0.497 e. The van der Waals surface area contributed by atoms with Crippen molar-refractivity contribution in [1.82, 2.24) is 15.2 Å². The summed E-state index contributed by atoms with van der Waals surface area (Å²) in [4.78, 5) is 15.4. The number of fused-ring (bicyclic) bond motifs is 1. The van der Waals surface area contributed by atoms with Crippen molar-refractivity contribution in [3.8, 4) is 17.0 Å². The average Bonchev–Trinajstić information content (AvgIpc) is 2.82. The molecule has 0 aliphatic rings. The number of aromatic nitrogens is 3. The molecule has 0 saturated carbocycles. The van der Waals surface area contributed by atoms with Crippen LogP contribution in [0.25, 0.3) is 22.0 Å². The molecule has 2 N–H and O–H groups in total. The normalized spacial score (nSPS) is 10.9. The molecule has 0 fully saturated rings. The minimum absolute atomic E-state index is 0.180. The molecule has 0 aliphatic heterocycles. The molecule has 5 nitrogen and oxygen atoms in total. The van der Waals surface area contributed by atoms with Gasteiger partial charge in [0.05, 0.1) is 23.9 Å². The van der Waals surface area contributed by atoms with Crippen molar-refractivity contribution in [2.75, 3.05) is 7.11 Å². The smallest absolute Gasteiger partial charge is 0.274 e. The van der Waals surface area contributed by atoms with Gasteiger partial charge in [0.1, 0.15) is 5.75 Å². The topological polar surface area (TPSA) is 70.8 Å². The van der Waals surface area contributed by atoms with E-state index in [-0.39, 0.29) is 5.56 Å². The Hall–Kier alpha value is -2.56. The highest BCUT2D eigenvalue weighted by atomic mass is 16.5. The summed E-state index contributed by atoms with van der Waals surface area (Å²) >= 11 is 0. The minimum atomic E-state index is -0.180. The van der Waals surface area contributed by atoms with Gasteiger partial charge in [0.15, 0.2) is 0 Å². The van der Waals surface area contributed by atoms with Crippen molar-refractivity contribution in [2.24, 2.45) is 0 Å². The molecule has 0 bridgehead atoms. The number of methoxy groups -OCH3 is 1. The van der Waals surface area contributed by atoms with Crippen LogP contribution in [0.4, 0.5) is 0 Å². The molecule has 20 heavy (non-hydrogen) atoms. The van der Waals surface area contributed by atoms with E-state index < -0.39 is 0 Å². The van der Waals surface area contributed by atoms with Gasteiger partial charge in [0.2, 0.25) is 0 Å². The van der Waals surface area contributed by atoms with E-state index in [0.717, 1.165) is 33.8 Å². The molecule has 0 unspecified atom stereocenters. The molecule has 0 atom stereocenters. The summed E-state index contributed by atoms with van der Waals surface area (Å²) in [5, 5.41) is 8.10. The van der Waals surface area contributed by atoms with Gasteiger partial charge >= 0.3 is 0 Å². The predicted molar refractivity (Wildman–Crippen MR) is 78.2 cm³/mol. The summed E-state index contributed by atoms with van der Waals surface area (Å²) in [6.07, 6.45) is 0. The number of ether oxygens (including phenoxy) is 1. The highest BCUT2D eigenvalue weighted by Crippen LogP contribution is 2.30. The van der Waals surface area contributed by atoms with Crippen molar-refractivity contribution >= 4 is 10.8 Å². The first-order valence-electron chi connectivity index (χ1n) is 6.34. The number of H-pyrrole nitrogens is 2. The fourth-order valence-corrected chi connectivity index (χ4v) is 2.52. The van der Waals surface area contributed by atoms with Crippen LogP contribution < -0.4 is 10.3 Å². The van der Waals surface area contributed by atoms with E-state index in [9.17, 15) is 4.79 Å². The van der Waals surface area contributed by atoms with Crippen LogP contribution in [0.1, 0.15) is 11.4 Å². The first-order chi connectivity index (χ1) is 9.61. The highest BCUT2D eigenvalue weighted by Gasteiger charge is 2.15. The van der Waals surface area contributed by atoms with E-state index in [1.807, 2.05) is 38.1 Å². The van der Waals surface area contributed by atoms with Crippen LogP contribution in [0.5, 0.6) is 5.75 Å². The Labute approximate surface area is 115 Å². The van der Waals surface area contributed by atoms with Crippen LogP contribution in [0, 0.1) is 13.8 Å². The van der Waals surface area contributed by atoms with E-state index in [1.165, 1.54) is 0 Å². The Bertz CT molecular complexity index is 829. The number of nitrogens with zero attached hydrogens (tertiary/aromatic N) is 1. The van der Waals surface area contributed by atoms with Crippen molar-refractivity contribution < 1.29 is 4.74 Å². The number of hydrogen-bond acceptors (Lipinski definition) is 3. The highest BCUT2D eigenvalue weighted by molar-refractivity contribution is 5.98. The van der Waals surface area contributed by atoms with Crippen LogP contribution in [0.15, 0.2) is 29.1 Å². The van der Waals surface area contributed by atoms with E-state index in [4.69, 9.17) is 4.74 Å². The Morgan fingerprint density at radius 3 is 2.45 bits per heavy atom. The van der Waals surface area contributed by atoms with Crippen molar-refractivity contribution in [1.29, 1.82) is 0 Å². The first kappa shape index (κ1) is 12.5. The number of aryl methyl sites for hydroxylation is 2. The summed E-state index contributed by atoms with van der Waals surface area (Å²) in [7, 11) is 1.63. The maximum Gasteiger partial charge on any atom is 0.274 e. The number of nitrogens with one attached hydrogen (secondary N) is 2. The molecule has 2 heterocycles. The van der Waals surface area contributed by atoms with Gasteiger partial charge < -0.3 is 9.72 Å². The third kappa shape index (κ3) is 1.79. The van der Waals surface area contributed by atoms with Gasteiger partial charge in [-0.2, -0.15) is 5.10 Å². The predicted octanol–water partition coefficient (Wildman–Crippen LogP) is 2.54. The SMILES string of the molecule is COc1ccc(-c2[nH]c(C)c3c(C)n[nH]c(=O)c23)cc1. The van der Waals surface area contributed by atoms with E-state index in [0.29, 0.717) is 5.39 Å². The van der Waals surface area contributed by atoms with Crippen molar-refractivity contribution in [3.05, 3.63) is 46.0 Å². The molecule has 0 aliphatic carbocycles. The van der Waals surface area contributed by atoms with Gasteiger partial charge in [-0.1, -0.05) is 0 Å². The van der Waals surface area contributed by atoms with Gasteiger partial charge in [-0.05, 0) is 43.7 Å². The molecule has 0 amide bonds. The molecule has 102 valence electrons. The quantitative estimate of drug-likeness (QED) is 0.751. The average molecular weight is 269 g/mol. The second-order valence-electron chi connectivity index (χ2n) is 4.74. The minimum Gasteiger partial charge on any atom is -0.497 e. The maximum atomic E-state index is 12.1. The Morgan fingerprint density at radius 2 is 1.80 bits per heavy atom. The zero-order valence-corrected chi connectivity index (χ0v) is 11.6. The lowest BCUT2D eigenvalue weighted by Gasteiger charge is -2.02. The van der Waals surface area contributed by atoms with Crippen LogP contribution in [-0.4, -0.2) is 22.3 Å². The molecule has 0 spiro atoms. The second kappa shape index (κ2) is 4.52. The molecule has 0 saturated heterocycles. The van der Waals surface area contributed by atoms with Crippen LogP contribution in [0.2, 0.25) is 0 Å². The molecule has 0 radical (unpaired) electrons. The second-order valence-corrected chi connectivity index (χ2v) is 4.74. The summed E-state index contributed by atoms with van der Waals surface area (Å²) in [5.74, 6) is 0.785. The first-order valence-corrected chi connectivity index (χ1v) is 6.34. The molecular formula is C15H15N3O2. The Kier molecular flexibility index (Phi) is 2.82. The third-order valence-corrected chi connectivity index (χ3v) is 3.48. The summed E-state index contributed by atoms with van der Waals surface area (Å²) in [6.45, 7) is 3.83. The fraction of sp³-hybridized carbons (Fsp3) is 0.200. The molecule has 1 aromatic carbocycles. The lowest BCUT2D eigenvalue weighted by atomic mass is 10.1. The van der Waals surface area contributed by atoms with Crippen LogP contribution >= 0.6 is 0 Å². The molecule has 2 aromatic heterocycles. The summed E-state index contributed by atoms with van der Waals surface area (Å²) in [5.41, 5.74) is 3.34. The molecule has 3 rings (SSSR count). The molecular weight excluding hydrogens is 254 g/mol. The maximum absolute atomic E-state index is 12.1. The molecule has 3 aromatic rings. The van der Waals surface area contributed by atoms with Gasteiger partial charge in [-0.25, -0.2) is 5.10 Å². The summed E-state index contributed by atoms with van der Waals surface area (Å²) in [6, 6.07) is 7.61. The van der Waals surface area contributed by atoms with E-state index in [1.54, 1.807) is 7.11 Å². The van der Waals surface area contributed by atoms with Gasteiger partial charge in [-0.3, -0.25) is 4.79 Å². The van der Waals surface area contributed by atoms with Crippen LogP contribution in [-0.2, 0) is 0 Å². The van der Waals surface area contributed by atoms with Crippen molar-refractivity contribution in [2.45, 2.75) is 13.8 Å². The van der Waals surface area contributed by atoms with Gasteiger partial charge in [-0.15, -0.1) is 0 Å². The Balaban J connectivity index is 2.31. The van der Waals surface area contributed by atoms with E-state index in [2.05, 4.69) is 15.2 Å². The molecule has 5 heteroatoms. The fourth-order valence-electron chi connectivity index (χ4n) is 2.52. The lowest BCUT2D eigenvalue weighted by molar-refractivity contribution is 0.415. The number of rotatable bonds is 2.